The van der Waals surface area contributed by atoms with Gasteiger partial charge in [-0.2, -0.15) is 0 Å². The van der Waals surface area contributed by atoms with Gasteiger partial charge in [0, 0.05) is 23.9 Å². The van der Waals surface area contributed by atoms with E-state index in [0.29, 0.717) is 11.3 Å². The van der Waals surface area contributed by atoms with Crippen LogP contribution in [0.2, 0.25) is 19.6 Å². The van der Waals surface area contributed by atoms with E-state index in [-0.39, 0.29) is 0 Å². The van der Waals surface area contributed by atoms with Gasteiger partial charge in [0.1, 0.15) is 10.7 Å². The minimum atomic E-state index is -1.37. The Morgan fingerprint density at radius 3 is 2.43 bits per heavy atom. The summed E-state index contributed by atoms with van der Waals surface area (Å²) < 4.78 is 5.82. The Bertz CT molecular complexity index is 728. The highest BCUT2D eigenvalue weighted by Crippen LogP contribution is 2.20. The Labute approximate surface area is 136 Å². The maximum absolute atomic E-state index is 10.5. The van der Waals surface area contributed by atoms with Crippen molar-refractivity contribution in [3.63, 3.8) is 0 Å². The van der Waals surface area contributed by atoms with Crippen molar-refractivity contribution in [2.75, 3.05) is 0 Å². The van der Waals surface area contributed by atoms with E-state index in [9.17, 15) is 10.1 Å². The molecule has 0 N–H and O–H groups in total. The molecule has 1 unspecified atom stereocenters. The monoisotopic (exact) mass is 326 g/mol. The molecule has 0 aliphatic heterocycles. The Morgan fingerprint density at radius 1 is 1.22 bits per heavy atom. The predicted molar refractivity (Wildman–Crippen MR) is 91.8 cm³/mol. The second-order valence-corrected chi connectivity index (χ2v) is 11.1. The molecule has 0 amide bonds. The summed E-state index contributed by atoms with van der Waals surface area (Å²) >= 11 is 0. The maximum atomic E-state index is 10.5. The van der Waals surface area contributed by atoms with Crippen LogP contribution in [0.1, 0.15) is 11.7 Å². The zero-order chi connectivity index (χ0) is 16.9. The van der Waals surface area contributed by atoms with Crippen LogP contribution in [-0.2, 0) is 0 Å². The van der Waals surface area contributed by atoms with E-state index in [4.69, 9.17) is 4.74 Å². The topological polar surface area (TPSA) is 65.3 Å². The fraction of sp³-hybridized carbons (Fsp3) is 0.235. The molecule has 2 rings (SSSR count). The van der Waals surface area contributed by atoms with Gasteiger partial charge < -0.3 is 4.74 Å². The van der Waals surface area contributed by atoms with E-state index in [1.54, 1.807) is 24.5 Å². The van der Waals surface area contributed by atoms with Crippen LogP contribution in [0.4, 0.5) is 0 Å². The third-order valence-electron chi connectivity index (χ3n) is 3.25. The summed E-state index contributed by atoms with van der Waals surface area (Å²) in [4.78, 5) is 13.8. The van der Waals surface area contributed by atoms with E-state index in [0.717, 1.165) is 0 Å². The second-order valence-electron chi connectivity index (χ2n) is 6.07. The molecule has 0 aliphatic carbocycles. The van der Waals surface area contributed by atoms with Gasteiger partial charge in [0.2, 0.25) is 0 Å². The summed E-state index contributed by atoms with van der Waals surface area (Å²) in [5.41, 5.74) is 0.677. The number of pyridine rings is 1. The molecule has 2 aromatic rings. The molecule has 0 saturated carbocycles. The zero-order valence-electron chi connectivity index (χ0n) is 13.3. The van der Waals surface area contributed by atoms with E-state index in [2.05, 4.69) is 30.5 Å². The van der Waals surface area contributed by atoms with Crippen LogP contribution >= 0.6 is 0 Å². The first-order chi connectivity index (χ1) is 10.9. The number of hydrogen-bond donors (Lipinski definition) is 0. The van der Waals surface area contributed by atoms with Gasteiger partial charge in [-0.15, -0.1) is 0 Å². The van der Waals surface area contributed by atoms with Crippen LogP contribution in [0.5, 0.6) is 5.75 Å². The van der Waals surface area contributed by atoms with Crippen LogP contribution in [0.15, 0.2) is 48.8 Å². The van der Waals surface area contributed by atoms with Gasteiger partial charge in [-0.1, -0.05) is 43.0 Å². The van der Waals surface area contributed by atoms with E-state index in [1.165, 1.54) is 5.19 Å². The van der Waals surface area contributed by atoms with Gasteiger partial charge in [-0.25, -0.2) is 10.1 Å². The van der Waals surface area contributed by atoms with Crippen molar-refractivity contribution in [1.82, 2.24) is 4.98 Å². The second kappa shape index (κ2) is 7.07. The first-order valence-corrected chi connectivity index (χ1v) is 10.7. The summed E-state index contributed by atoms with van der Waals surface area (Å²) in [5, 5.41) is 11.8. The molecule has 6 heteroatoms. The number of benzene rings is 1. The molecule has 118 valence electrons. The normalized spacial score (nSPS) is 12.0. The summed E-state index contributed by atoms with van der Waals surface area (Å²) in [6.45, 7) is 6.80. The highest BCUT2D eigenvalue weighted by atomic mass is 28.3. The lowest BCUT2D eigenvalue weighted by atomic mass is 10.2. The SMILES string of the molecule is C[Si](C)(C)c1ccc(OC(C#C[N+](=O)[O-])c2cccnc2)cc1. The number of hydrogen-bond acceptors (Lipinski definition) is 4. The maximum Gasteiger partial charge on any atom is 0.294 e. The van der Waals surface area contributed by atoms with Crippen LogP contribution in [0.3, 0.4) is 0 Å². The molecule has 0 spiro atoms. The number of rotatable bonds is 4. The lowest BCUT2D eigenvalue weighted by Crippen LogP contribution is -2.37. The van der Waals surface area contributed by atoms with Gasteiger partial charge in [-0.3, -0.25) is 4.98 Å². The van der Waals surface area contributed by atoms with Crippen LogP contribution in [-0.4, -0.2) is 18.0 Å². The number of ether oxygens (including phenoxy) is 1. The fourth-order valence-electron chi connectivity index (χ4n) is 1.99. The Morgan fingerprint density at radius 2 is 1.91 bits per heavy atom. The lowest BCUT2D eigenvalue weighted by molar-refractivity contribution is -0.379. The minimum absolute atomic E-state index is 0.624. The molecule has 0 radical (unpaired) electrons. The molecular weight excluding hydrogens is 308 g/mol. The highest BCUT2D eigenvalue weighted by Gasteiger charge is 2.17. The summed E-state index contributed by atoms with van der Waals surface area (Å²) in [7, 11) is -1.37. The van der Waals surface area contributed by atoms with Crippen molar-refractivity contribution in [3.8, 4) is 17.7 Å². The van der Waals surface area contributed by atoms with Crippen molar-refractivity contribution < 1.29 is 9.66 Å². The van der Waals surface area contributed by atoms with E-state index < -0.39 is 19.1 Å². The van der Waals surface area contributed by atoms with Crippen molar-refractivity contribution in [2.45, 2.75) is 25.7 Å². The first kappa shape index (κ1) is 16.7. The Kier molecular flexibility index (Phi) is 5.14. The molecule has 23 heavy (non-hydrogen) atoms. The van der Waals surface area contributed by atoms with Crippen molar-refractivity contribution in [1.29, 1.82) is 0 Å². The molecule has 1 aromatic heterocycles. The third-order valence-corrected chi connectivity index (χ3v) is 5.31. The molecule has 0 bridgehead atoms. The van der Waals surface area contributed by atoms with Gasteiger partial charge >= 0.3 is 0 Å². The molecule has 1 heterocycles. The standard InChI is InChI=1S/C17H18N2O3Si/c1-23(2,3)16-8-6-15(7-9-16)22-17(10-12-19(20)21)14-5-4-11-18-13-14/h4-9,11,13,17H,1-3H3. The summed E-state index contributed by atoms with van der Waals surface area (Å²) in [6.07, 6.45) is 2.49. The predicted octanol–water partition coefficient (Wildman–Crippen LogP) is 2.98. The Balaban J connectivity index is 2.25. The van der Waals surface area contributed by atoms with Gasteiger partial charge in [0.15, 0.2) is 6.10 Å². The van der Waals surface area contributed by atoms with Crippen molar-refractivity contribution >= 4 is 13.3 Å². The van der Waals surface area contributed by atoms with E-state index >= 15 is 0 Å². The summed E-state index contributed by atoms with van der Waals surface area (Å²) in [5.74, 6) is 3.15. The molecule has 0 fully saturated rings. The first-order valence-electron chi connectivity index (χ1n) is 7.19. The van der Waals surface area contributed by atoms with Crippen LogP contribution < -0.4 is 9.92 Å². The quantitative estimate of drug-likeness (QED) is 0.285. The van der Waals surface area contributed by atoms with Crippen LogP contribution in [0, 0.1) is 22.1 Å². The highest BCUT2D eigenvalue weighted by molar-refractivity contribution is 6.88. The molecule has 0 saturated heterocycles. The fourth-order valence-corrected chi connectivity index (χ4v) is 3.16. The number of nitrogens with zero attached hydrogens (tertiary/aromatic N) is 2. The molecular formula is C17H18N2O3Si. The van der Waals surface area contributed by atoms with Gasteiger partial charge in [-0.05, 0) is 18.2 Å². The molecule has 0 aliphatic rings. The average Bonchev–Trinajstić information content (AvgIpc) is 2.51. The van der Waals surface area contributed by atoms with Crippen molar-refractivity contribution in [2.24, 2.45) is 0 Å². The lowest BCUT2D eigenvalue weighted by Gasteiger charge is -2.18. The average molecular weight is 326 g/mol. The van der Waals surface area contributed by atoms with Crippen molar-refractivity contribution in [3.05, 3.63) is 64.5 Å². The third kappa shape index (κ3) is 4.93. The zero-order valence-corrected chi connectivity index (χ0v) is 14.3. The van der Waals surface area contributed by atoms with Gasteiger partial charge in [0.25, 0.3) is 6.04 Å². The summed E-state index contributed by atoms with van der Waals surface area (Å²) in [6, 6.07) is 13.3. The largest absolute Gasteiger partial charge is 0.473 e. The van der Waals surface area contributed by atoms with Gasteiger partial charge in [0.05, 0.1) is 8.07 Å². The minimum Gasteiger partial charge on any atom is -0.473 e. The number of aromatic nitrogens is 1. The number of nitro groups is 1. The molecule has 1 atom stereocenters. The molecule has 5 nitrogen and oxygen atoms in total. The van der Waals surface area contributed by atoms with Crippen LogP contribution in [0.25, 0.3) is 0 Å². The molecule has 1 aromatic carbocycles. The Hall–Kier alpha value is -2.65. The smallest absolute Gasteiger partial charge is 0.294 e. The van der Waals surface area contributed by atoms with E-state index in [1.807, 2.05) is 30.3 Å².